The predicted molar refractivity (Wildman–Crippen MR) is 82.5 cm³/mol. The minimum absolute atomic E-state index is 0.828. The zero-order valence-electron chi connectivity index (χ0n) is 10.4. The minimum atomic E-state index is 0.828. The third-order valence-corrected chi connectivity index (χ3v) is 4.52. The molecule has 2 aromatic carbocycles. The van der Waals surface area contributed by atoms with Crippen LogP contribution >= 0.6 is 23.5 Å². The summed E-state index contributed by atoms with van der Waals surface area (Å²) in [4.78, 5) is 5.27. The average molecular weight is 291 g/mol. The van der Waals surface area contributed by atoms with E-state index in [-0.39, 0.29) is 0 Å². The molecule has 1 aliphatic rings. The molecule has 0 radical (unpaired) electrons. The van der Waals surface area contributed by atoms with Crippen LogP contribution in [0, 0.1) is 0 Å². The zero-order valence-corrected chi connectivity index (χ0v) is 12.0. The van der Waals surface area contributed by atoms with Crippen LogP contribution in [0.5, 0.6) is 0 Å². The van der Waals surface area contributed by atoms with E-state index >= 15 is 0 Å². The van der Waals surface area contributed by atoms with Gasteiger partial charge in [0.2, 0.25) is 0 Å². The van der Waals surface area contributed by atoms with E-state index in [9.17, 15) is 0 Å². The highest BCUT2D eigenvalue weighted by molar-refractivity contribution is 7.99. The van der Waals surface area contributed by atoms with Crippen LogP contribution in [0.1, 0.15) is 12.0 Å². The molecular weight excluding hydrogens is 276 g/mol. The third kappa shape index (κ3) is 2.73. The highest BCUT2D eigenvalue weighted by Gasteiger charge is 2.17. The van der Waals surface area contributed by atoms with Crippen molar-refractivity contribution < 1.29 is 0 Å². The van der Waals surface area contributed by atoms with Crippen LogP contribution in [0.15, 0.2) is 52.3 Å². The van der Waals surface area contributed by atoms with Crippen LogP contribution in [0.4, 0.5) is 11.4 Å². The van der Waals surface area contributed by atoms with Crippen LogP contribution in [-0.2, 0) is 6.42 Å². The van der Waals surface area contributed by atoms with Crippen molar-refractivity contribution in [2.24, 2.45) is 0 Å². The molecule has 2 aromatic rings. The predicted octanol–water partition coefficient (Wildman–Crippen LogP) is 4.57. The first-order valence-electron chi connectivity index (χ1n) is 6.38. The van der Waals surface area contributed by atoms with Gasteiger partial charge < -0.3 is 5.32 Å². The zero-order chi connectivity index (χ0) is 13.1. The Labute approximate surface area is 122 Å². The second-order valence-electron chi connectivity index (χ2n) is 4.50. The Morgan fingerprint density at radius 3 is 2.79 bits per heavy atom. The minimum Gasteiger partial charge on any atom is -0.353 e. The lowest BCUT2D eigenvalue weighted by atomic mass is 10.1. The first-order valence-corrected chi connectivity index (χ1v) is 7.57. The van der Waals surface area contributed by atoms with Crippen molar-refractivity contribution in [3.8, 4) is 0 Å². The van der Waals surface area contributed by atoms with Gasteiger partial charge in [0.25, 0.3) is 0 Å². The first kappa shape index (κ1) is 12.9. The molecule has 0 atom stereocenters. The van der Waals surface area contributed by atoms with Crippen LogP contribution in [0.2, 0.25) is 0 Å². The Kier molecular flexibility index (Phi) is 3.97. The Balaban J connectivity index is 1.88. The summed E-state index contributed by atoms with van der Waals surface area (Å²) in [5, 5.41) is 3.56. The molecule has 4 heteroatoms. The van der Waals surface area contributed by atoms with Gasteiger partial charge in [-0.3, -0.25) is 0 Å². The summed E-state index contributed by atoms with van der Waals surface area (Å²) in [5.41, 5.74) is 3.80. The molecule has 19 heavy (non-hydrogen) atoms. The van der Waals surface area contributed by atoms with Gasteiger partial charge in [0.1, 0.15) is 0 Å². The number of hydrogen-bond acceptors (Lipinski definition) is 3. The van der Waals surface area contributed by atoms with Crippen LogP contribution in [0.25, 0.3) is 0 Å². The van der Waals surface area contributed by atoms with Crippen LogP contribution < -0.4 is 10.2 Å². The van der Waals surface area contributed by atoms with Gasteiger partial charge in [-0.2, -0.15) is 0 Å². The van der Waals surface area contributed by atoms with E-state index in [1.807, 2.05) is 11.8 Å². The number of anilines is 2. The topological polar surface area (TPSA) is 24.1 Å². The quantitative estimate of drug-likeness (QED) is 0.544. The van der Waals surface area contributed by atoms with Gasteiger partial charge in [-0.15, -0.1) is 0 Å². The smallest absolute Gasteiger partial charge is 0.0558 e. The molecular formula is C15H15ClN2S. The van der Waals surface area contributed by atoms with E-state index < -0.39 is 0 Å². The van der Waals surface area contributed by atoms with Gasteiger partial charge in [-0.25, -0.2) is 4.84 Å². The Morgan fingerprint density at radius 1 is 1.05 bits per heavy atom. The number of rotatable bonds is 4. The van der Waals surface area contributed by atoms with Gasteiger partial charge in [0.05, 0.1) is 11.4 Å². The fraction of sp³-hybridized carbons (Fsp3) is 0.200. The molecule has 0 fully saturated rings. The monoisotopic (exact) mass is 290 g/mol. The molecule has 2 nitrogen and oxygen atoms in total. The molecule has 1 heterocycles. The summed E-state index contributed by atoms with van der Waals surface area (Å²) in [6.45, 7) is 0.828. The van der Waals surface area contributed by atoms with Crippen molar-refractivity contribution in [1.29, 1.82) is 0 Å². The van der Waals surface area contributed by atoms with Crippen molar-refractivity contribution in [3.05, 3.63) is 48.0 Å². The fourth-order valence-electron chi connectivity index (χ4n) is 2.27. The third-order valence-electron chi connectivity index (χ3n) is 3.20. The number of halogens is 1. The largest absolute Gasteiger partial charge is 0.353 e. The van der Waals surface area contributed by atoms with Gasteiger partial charge in [0.15, 0.2) is 0 Å². The second kappa shape index (κ2) is 5.87. The first-order chi connectivity index (χ1) is 9.38. The maximum absolute atomic E-state index is 5.51. The number of nitrogens with one attached hydrogen (secondary N) is 2. The molecule has 0 spiro atoms. The van der Waals surface area contributed by atoms with Gasteiger partial charge in [-0.05, 0) is 48.4 Å². The molecule has 3 rings (SSSR count). The summed E-state index contributed by atoms with van der Waals surface area (Å²) in [6, 6.07) is 14.9. The molecule has 2 N–H and O–H groups in total. The van der Waals surface area contributed by atoms with Gasteiger partial charge in [0, 0.05) is 16.3 Å². The number of hydrogen-bond donors (Lipinski definition) is 2. The van der Waals surface area contributed by atoms with Crippen molar-refractivity contribution >= 4 is 34.9 Å². The molecule has 0 aliphatic carbocycles. The lowest BCUT2D eigenvalue weighted by molar-refractivity contribution is 0.792. The van der Waals surface area contributed by atoms with Crippen molar-refractivity contribution in [2.45, 2.75) is 22.6 Å². The molecule has 1 aliphatic heterocycles. The van der Waals surface area contributed by atoms with Crippen LogP contribution in [-0.4, -0.2) is 6.54 Å². The SMILES string of the molecule is ClNCCCc1cccc2c1Nc1ccccc1S2. The number of aryl methyl sites for hydroxylation is 1. The van der Waals surface area contributed by atoms with Gasteiger partial charge in [-0.1, -0.05) is 36.0 Å². The summed E-state index contributed by atoms with van der Waals surface area (Å²) in [5.74, 6) is 0. The summed E-state index contributed by atoms with van der Waals surface area (Å²) >= 11 is 7.34. The highest BCUT2D eigenvalue weighted by Crippen LogP contribution is 2.45. The summed E-state index contributed by atoms with van der Waals surface area (Å²) in [6.07, 6.45) is 2.06. The molecule has 98 valence electrons. The van der Waals surface area contributed by atoms with E-state index in [2.05, 4.69) is 52.6 Å². The van der Waals surface area contributed by atoms with Crippen molar-refractivity contribution in [1.82, 2.24) is 4.84 Å². The lowest BCUT2D eigenvalue weighted by Gasteiger charge is -2.23. The molecule has 0 saturated carbocycles. The molecule has 0 aromatic heterocycles. The Hall–Kier alpha value is -1.16. The maximum Gasteiger partial charge on any atom is 0.0558 e. The Bertz CT molecular complexity index is 586. The molecule has 0 saturated heterocycles. The average Bonchev–Trinajstić information content (AvgIpc) is 2.46. The van der Waals surface area contributed by atoms with Crippen LogP contribution in [0.3, 0.4) is 0 Å². The highest BCUT2D eigenvalue weighted by atomic mass is 35.5. The van der Waals surface area contributed by atoms with E-state index in [1.165, 1.54) is 26.7 Å². The van der Waals surface area contributed by atoms with E-state index in [4.69, 9.17) is 11.8 Å². The molecule has 0 amide bonds. The molecule has 0 unspecified atom stereocenters. The number of benzene rings is 2. The van der Waals surface area contributed by atoms with Gasteiger partial charge >= 0.3 is 0 Å². The standard InChI is InChI=1S/C15H15ClN2S/c16-17-10-4-6-11-5-3-9-14-15(11)18-12-7-1-2-8-13(12)19-14/h1-3,5,7-9,17-18H,4,6,10H2. The normalized spacial score (nSPS) is 12.5. The van der Waals surface area contributed by atoms with Crippen molar-refractivity contribution in [2.75, 3.05) is 11.9 Å². The lowest BCUT2D eigenvalue weighted by Crippen LogP contribution is -2.06. The number of fused-ring (bicyclic) bond motifs is 2. The van der Waals surface area contributed by atoms with Crippen molar-refractivity contribution in [3.63, 3.8) is 0 Å². The second-order valence-corrected chi connectivity index (χ2v) is 5.85. The number of para-hydroxylation sites is 2. The summed E-state index contributed by atoms with van der Waals surface area (Å²) < 4.78 is 0. The van der Waals surface area contributed by atoms with E-state index in [0.29, 0.717) is 0 Å². The molecule has 0 bridgehead atoms. The Morgan fingerprint density at radius 2 is 1.89 bits per heavy atom. The maximum atomic E-state index is 5.51. The summed E-state index contributed by atoms with van der Waals surface area (Å²) in [7, 11) is 0. The fourth-order valence-corrected chi connectivity index (χ4v) is 3.45. The van der Waals surface area contributed by atoms with E-state index in [1.54, 1.807) is 0 Å². The van der Waals surface area contributed by atoms with E-state index in [0.717, 1.165) is 19.4 Å².